The van der Waals surface area contributed by atoms with Gasteiger partial charge in [-0.1, -0.05) is 24.3 Å². The van der Waals surface area contributed by atoms with Gasteiger partial charge in [0.15, 0.2) is 0 Å². The largest absolute Gasteiger partial charge is 0.433 e. The molecule has 0 saturated carbocycles. The van der Waals surface area contributed by atoms with Crippen molar-refractivity contribution in [1.29, 1.82) is 0 Å². The Bertz CT molecular complexity index is 1360. The summed E-state index contributed by atoms with van der Waals surface area (Å²) < 4.78 is 38.4. The van der Waals surface area contributed by atoms with E-state index in [1.807, 2.05) is 0 Å². The highest BCUT2D eigenvalue weighted by Crippen LogP contribution is 2.27. The lowest BCUT2D eigenvalue weighted by atomic mass is 10.1. The van der Waals surface area contributed by atoms with Gasteiger partial charge in [0.1, 0.15) is 23.4 Å². The monoisotopic (exact) mass is 497 g/mol. The summed E-state index contributed by atoms with van der Waals surface area (Å²) in [7, 11) is 0. The standard InChI is InChI=1S/C22H18F3N9O2/c1-12(14-2-4-15(5-3-14)19-31-33-34-32-19)30-21(36)17-9-16(28-11-29-17)20(35)27-10-13-6-7-26-18(8-13)22(23,24)25/h2-9,11-12H,10H2,1H3,(H,27,35)(H,30,36)(H,31,32,33,34)/t12-/m0/s1. The number of aromatic amines is 1. The van der Waals surface area contributed by atoms with Crippen LogP contribution in [0.1, 0.15) is 50.8 Å². The van der Waals surface area contributed by atoms with E-state index in [1.165, 1.54) is 12.1 Å². The second kappa shape index (κ2) is 10.2. The molecule has 4 aromatic rings. The molecule has 0 spiro atoms. The molecule has 0 radical (unpaired) electrons. The summed E-state index contributed by atoms with van der Waals surface area (Å²) in [5.41, 5.74) is 0.536. The van der Waals surface area contributed by atoms with Crippen LogP contribution >= 0.6 is 0 Å². The van der Waals surface area contributed by atoms with Gasteiger partial charge in [-0.15, -0.1) is 10.2 Å². The summed E-state index contributed by atoms with van der Waals surface area (Å²) >= 11 is 0. The van der Waals surface area contributed by atoms with E-state index in [-0.39, 0.29) is 23.5 Å². The second-order valence-electron chi connectivity index (χ2n) is 7.57. The number of hydrogen-bond donors (Lipinski definition) is 3. The molecule has 0 bridgehead atoms. The number of tetrazole rings is 1. The Morgan fingerprint density at radius 2 is 1.72 bits per heavy atom. The van der Waals surface area contributed by atoms with Gasteiger partial charge in [0, 0.05) is 24.4 Å². The fourth-order valence-corrected chi connectivity index (χ4v) is 3.18. The molecule has 0 aliphatic heterocycles. The summed E-state index contributed by atoms with van der Waals surface area (Å²) in [5, 5.41) is 18.9. The number of amides is 2. The van der Waals surface area contributed by atoms with Crippen LogP contribution < -0.4 is 10.6 Å². The van der Waals surface area contributed by atoms with E-state index >= 15 is 0 Å². The number of nitrogens with one attached hydrogen (secondary N) is 3. The van der Waals surface area contributed by atoms with Gasteiger partial charge in [0.2, 0.25) is 5.82 Å². The third kappa shape index (κ3) is 5.84. The number of halogens is 3. The number of alkyl halides is 3. The van der Waals surface area contributed by atoms with Crippen molar-refractivity contribution in [3.8, 4) is 11.4 Å². The number of H-pyrrole nitrogens is 1. The number of benzene rings is 1. The van der Waals surface area contributed by atoms with Gasteiger partial charge in [-0.2, -0.15) is 18.4 Å². The average Bonchev–Trinajstić information content (AvgIpc) is 3.42. The molecule has 1 atom stereocenters. The van der Waals surface area contributed by atoms with E-state index in [0.29, 0.717) is 5.82 Å². The van der Waals surface area contributed by atoms with E-state index in [9.17, 15) is 22.8 Å². The fourth-order valence-electron chi connectivity index (χ4n) is 3.18. The Balaban J connectivity index is 1.37. The Morgan fingerprint density at radius 3 is 2.39 bits per heavy atom. The van der Waals surface area contributed by atoms with Crippen molar-refractivity contribution in [3.63, 3.8) is 0 Å². The first-order chi connectivity index (χ1) is 17.2. The highest BCUT2D eigenvalue weighted by Gasteiger charge is 2.32. The van der Waals surface area contributed by atoms with Gasteiger partial charge in [-0.3, -0.25) is 14.6 Å². The number of pyridine rings is 1. The molecule has 4 rings (SSSR count). The molecule has 36 heavy (non-hydrogen) atoms. The van der Waals surface area contributed by atoms with Crippen molar-refractivity contribution in [3.05, 3.63) is 83.2 Å². The topological polar surface area (TPSA) is 151 Å². The summed E-state index contributed by atoms with van der Waals surface area (Å²) in [4.78, 5) is 36.2. The first-order valence-electron chi connectivity index (χ1n) is 10.5. The van der Waals surface area contributed by atoms with Crippen LogP contribution in [-0.2, 0) is 12.7 Å². The van der Waals surface area contributed by atoms with Crippen LogP contribution in [0.2, 0.25) is 0 Å². The highest BCUT2D eigenvalue weighted by molar-refractivity contribution is 5.97. The lowest BCUT2D eigenvalue weighted by molar-refractivity contribution is -0.141. The maximum absolute atomic E-state index is 12.8. The molecule has 0 aliphatic rings. The Hall–Kier alpha value is -4.75. The molecule has 3 aromatic heterocycles. The Kier molecular flexibility index (Phi) is 6.94. The van der Waals surface area contributed by atoms with Gasteiger partial charge in [-0.25, -0.2) is 9.97 Å². The number of rotatable bonds is 7. The van der Waals surface area contributed by atoms with Gasteiger partial charge < -0.3 is 10.6 Å². The van der Waals surface area contributed by atoms with Gasteiger partial charge in [-0.05, 0) is 35.4 Å². The number of carbonyl (C=O) groups excluding carboxylic acids is 2. The molecule has 3 N–H and O–H groups in total. The lowest BCUT2D eigenvalue weighted by Gasteiger charge is -2.14. The van der Waals surface area contributed by atoms with Gasteiger partial charge in [0.25, 0.3) is 11.8 Å². The van der Waals surface area contributed by atoms with Crippen LogP contribution in [-0.4, -0.2) is 47.4 Å². The minimum absolute atomic E-state index is 0.0475. The zero-order valence-electron chi connectivity index (χ0n) is 18.6. The first-order valence-corrected chi connectivity index (χ1v) is 10.5. The minimum atomic E-state index is -4.59. The summed E-state index contributed by atoms with van der Waals surface area (Å²) in [6.45, 7) is 1.59. The van der Waals surface area contributed by atoms with E-state index in [1.54, 1.807) is 31.2 Å². The maximum atomic E-state index is 12.8. The Morgan fingerprint density at radius 1 is 1.00 bits per heavy atom. The van der Waals surface area contributed by atoms with E-state index in [4.69, 9.17) is 0 Å². The molecule has 3 heterocycles. The SMILES string of the molecule is C[C@H](NC(=O)c1cc(C(=O)NCc2ccnc(C(F)(F)F)c2)ncn1)c1ccc(-c2nn[nH]n2)cc1. The fraction of sp³-hybridized carbons (Fsp3) is 0.182. The molecule has 0 saturated heterocycles. The second-order valence-corrected chi connectivity index (χ2v) is 7.57. The summed E-state index contributed by atoms with van der Waals surface area (Å²) in [6, 6.07) is 10.2. The maximum Gasteiger partial charge on any atom is 0.433 e. The molecule has 14 heteroatoms. The van der Waals surface area contributed by atoms with Crippen molar-refractivity contribution in [2.75, 3.05) is 0 Å². The predicted molar refractivity (Wildman–Crippen MR) is 118 cm³/mol. The molecule has 0 fully saturated rings. The van der Waals surface area contributed by atoms with Crippen molar-refractivity contribution in [2.45, 2.75) is 25.7 Å². The van der Waals surface area contributed by atoms with Crippen molar-refractivity contribution >= 4 is 11.8 Å². The van der Waals surface area contributed by atoms with Crippen LogP contribution in [0, 0.1) is 0 Å². The minimum Gasteiger partial charge on any atom is -0.347 e. The normalized spacial score (nSPS) is 12.1. The van der Waals surface area contributed by atoms with Crippen LogP contribution in [0.5, 0.6) is 0 Å². The van der Waals surface area contributed by atoms with Crippen molar-refractivity contribution < 1.29 is 22.8 Å². The summed E-state index contributed by atoms with van der Waals surface area (Å²) in [5.74, 6) is -0.776. The molecule has 1 aromatic carbocycles. The quantitative estimate of drug-likeness (QED) is 0.352. The average molecular weight is 497 g/mol. The van der Waals surface area contributed by atoms with Crippen molar-refractivity contribution in [2.24, 2.45) is 0 Å². The highest BCUT2D eigenvalue weighted by atomic mass is 19.4. The molecule has 0 unspecified atom stereocenters. The van der Waals surface area contributed by atoms with E-state index in [2.05, 4.69) is 46.2 Å². The molecule has 11 nitrogen and oxygen atoms in total. The van der Waals surface area contributed by atoms with Crippen molar-refractivity contribution in [1.82, 2.24) is 46.2 Å². The van der Waals surface area contributed by atoms with Crippen LogP contribution in [0.15, 0.2) is 55.0 Å². The molecular formula is C22H18F3N9O2. The predicted octanol–water partition coefficient (Wildman–Crippen LogP) is 2.49. The smallest absolute Gasteiger partial charge is 0.347 e. The number of hydrogen-bond acceptors (Lipinski definition) is 8. The van der Waals surface area contributed by atoms with Crippen LogP contribution in [0.25, 0.3) is 11.4 Å². The van der Waals surface area contributed by atoms with Gasteiger partial charge in [0.05, 0.1) is 6.04 Å². The first kappa shape index (κ1) is 24.4. The number of carbonyl (C=O) groups is 2. The third-order valence-corrected chi connectivity index (χ3v) is 5.06. The number of nitrogens with zero attached hydrogens (tertiary/aromatic N) is 6. The van der Waals surface area contributed by atoms with E-state index < -0.39 is 29.7 Å². The van der Waals surface area contributed by atoms with E-state index in [0.717, 1.165) is 29.7 Å². The zero-order chi connectivity index (χ0) is 25.7. The molecule has 184 valence electrons. The molecular weight excluding hydrogens is 479 g/mol. The van der Waals surface area contributed by atoms with Gasteiger partial charge >= 0.3 is 6.18 Å². The Labute approximate surface area is 201 Å². The third-order valence-electron chi connectivity index (χ3n) is 5.06. The molecule has 0 aliphatic carbocycles. The van der Waals surface area contributed by atoms with Crippen LogP contribution in [0.3, 0.4) is 0 Å². The lowest BCUT2D eigenvalue weighted by Crippen LogP contribution is -2.29. The number of aromatic nitrogens is 7. The van der Waals surface area contributed by atoms with Crippen LogP contribution in [0.4, 0.5) is 13.2 Å². The summed E-state index contributed by atoms with van der Waals surface area (Å²) in [6.07, 6.45) is -2.53. The zero-order valence-corrected chi connectivity index (χ0v) is 18.6. The molecule has 2 amide bonds.